The van der Waals surface area contributed by atoms with Crippen LogP contribution in [-0.2, 0) is 14.6 Å². The van der Waals surface area contributed by atoms with Crippen LogP contribution in [0.15, 0.2) is 59.5 Å². The van der Waals surface area contributed by atoms with Crippen LogP contribution in [0.3, 0.4) is 0 Å². The van der Waals surface area contributed by atoms with Crippen molar-refractivity contribution in [3.8, 4) is 0 Å². The SMILES string of the molecule is O=C(/C=C/c1cccc(Cl)c1)Nc1ccc(S(=O)(=O)C2CCCC2)cc1. The van der Waals surface area contributed by atoms with Gasteiger partial charge in [0.25, 0.3) is 0 Å². The lowest BCUT2D eigenvalue weighted by atomic mass is 10.2. The number of halogens is 1. The maximum absolute atomic E-state index is 12.5. The largest absolute Gasteiger partial charge is 0.323 e. The second-order valence-corrected chi connectivity index (χ2v) is 9.02. The number of carbonyl (C=O) groups excluding carboxylic acids is 1. The summed E-state index contributed by atoms with van der Waals surface area (Å²) in [5, 5.41) is 3.05. The van der Waals surface area contributed by atoms with Gasteiger partial charge < -0.3 is 5.32 Å². The molecule has 2 aromatic carbocycles. The van der Waals surface area contributed by atoms with E-state index in [9.17, 15) is 13.2 Å². The van der Waals surface area contributed by atoms with E-state index in [-0.39, 0.29) is 11.2 Å². The average Bonchev–Trinajstić information content (AvgIpc) is 3.16. The van der Waals surface area contributed by atoms with E-state index in [0.29, 0.717) is 15.6 Å². The summed E-state index contributed by atoms with van der Waals surface area (Å²) in [6, 6.07) is 13.5. The number of rotatable bonds is 5. The van der Waals surface area contributed by atoms with Gasteiger partial charge in [-0.2, -0.15) is 0 Å². The predicted octanol–water partition coefficient (Wildman–Crippen LogP) is 4.71. The molecule has 0 aromatic heterocycles. The molecule has 0 atom stereocenters. The summed E-state index contributed by atoms with van der Waals surface area (Å²) in [6.45, 7) is 0. The molecule has 1 N–H and O–H groups in total. The van der Waals surface area contributed by atoms with Crippen molar-refractivity contribution < 1.29 is 13.2 Å². The van der Waals surface area contributed by atoms with Crippen LogP contribution < -0.4 is 5.32 Å². The van der Waals surface area contributed by atoms with Gasteiger partial charge in [-0.15, -0.1) is 0 Å². The highest BCUT2D eigenvalue weighted by Crippen LogP contribution is 2.30. The molecule has 26 heavy (non-hydrogen) atoms. The molecule has 136 valence electrons. The third-order valence-electron chi connectivity index (χ3n) is 4.47. The zero-order chi connectivity index (χ0) is 18.6. The van der Waals surface area contributed by atoms with Crippen molar-refractivity contribution in [2.45, 2.75) is 35.8 Å². The number of hydrogen-bond acceptors (Lipinski definition) is 3. The number of nitrogens with one attached hydrogen (secondary N) is 1. The Hall–Kier alpha value is -2.11. The number of anilines is 1. The Kier molecular flexibility index (Phi) is 5.79. The van der Waals surface area contributed by atoms with Crippen LogP contribution in [0.4, 0.5) is 5.69 Å². The maximum atomic E-state index is 12.5. The first-order valence-electron chi connectivity index (χ1n) is 8.54. The lowest BCUT2D eigenvalue weighted by Gasteiger charge is -2.11. The zero-order valence-electron chi connectivity index (χ0n) is 14.2. The molecule has 1 fully saturated rings. The number of benzene rings is 2. The zero-order valence-corrected chi connectivity index (χ0v) is 15.8. The second kappa shape index (κ2) is 8.06. The Balaban J connectivity index is 1.64. The molecule has 1 aliphatic rings. The van der Waals surface area contributed by atoms with Gasteiger partial charge in [-0.1, -0.05) is 36.6 Å². The summed E-state index contributed by atoms with van der Waals surface area (Å²) in [5.41, 5.74) is 1.38. The van der Waals surface area contributed by atoms with Crippen LogP contribution in [0.1, 0.15) is 31.2 Å². The van der Waals surface area contributed by atoms with E-state index in [1.54, 1.807) is 42.5 Å². The summed E-state index contributed by atoms with van der Waals surface area (Å²) in [6.07, 6.45) is 6.48. The molecule has 0 bridgehead atoms. The van der Waals surface area contributed by atoms with Gasteiger partial charge in [-0.05, 0) is 60.9 Å². The molecular formula is C20H20ClNO3S. The third kappa shape index (κ3) is 4.54. The number of amides is 1. The molecule has 0 unspecified atom stereocenters. The Bertz CT molecular complexity index is 914. The summed E-state index contributed by atoms with van der Waals surface area (Å²) in [4.78, 5) is 12.3. The third-order valence-corrected chi connectivity index (χ3v) is 6.98. The van der Waals surface area contributed by atoms with Crippen LogP contribution in [0.5, 0.6) is 0 Å². The Morgan fingerprint density at radius 2 is 1.77 bits per heavy atom. The first-order valence-corrected chi connectivity index (χ1v) is 10.5. The molecule has 3 rings (SSSR count). The maximum Gasteiger partial charge on any atom is 0.248 e. The highest BCUT2D eigenvalue weighted by Gasteiger charge is 2.30. The smallest absolute Gasteiger partial charge is 0.248 e. The van der Waals surface area contributed by atoms with E-state index < -0.39 is 9.84 Å². The molecule has 1 aliphatic carbocycles. The van der Waals surface area contributed by atoms with Crippen molar-refractivity contribution >= 4 is 39.1 Å². The van der Waals surface area contributed by atoms with Crippen LogP contribution in [0.25, 0.3) is 6.08 Å². The van der Waals surface area contributed by atoms with Gasteiger partial charge in [-0.3, -0.25) is 4.79 Å². The number of hydrogen-bond donors (Lipinski definition) is 1. The fourth-order valence-electron chi connectivity index (χ4n) is 3.09. The quantitative estimate of drug-likeness (QED) is 0.753. The van der Waals surface area contributed by atoms with Gasteiger partial charge >= 0.3 is 0 Å². The molecule has 2 aromatic rings. The van der Waals surface area contributed by atoms with Crippen molar-refractivity contribution in [1.82, 2.24) is 0 Å². The predicted molar refractivity (Wildman–Crippen MR) is 105 cm³/mol. The van der Waals surface area contributed by atoms with Crippen molar-refractivity contribution in [1.29, 1.82) is 0 Å². The lowest BCUT2D eigenvalue weighted by molar-refractivity contribution is -0.111. The van der Waals surface area contributed by atoms with Gasteiger partial charge in [0.05, 0.1) is 10.1 Å². The van der Waals surface area contributed by atoms with Crippen molar-refractivity contribution in [3.05, 3.63) is 65.2 Å². The Labute approximate surface area is 158 Å². The van der Waals surface area contributed by atoms with Crippen molar-refractivity contribution in [2.75, 3.05) is 5.32 Å². The summed E-state index contributed by atoms with van der Waals surface area (Å²) in [7, 11) is -3.27. The van der Waals surface area contributed by atoms with Gasteiger partial charge in [0, 0.05) is 16.8 Å². The monoisotopic (exact) mass is 389 g/mol. The van der Waals surface area contributed by atoms with Crippen LogP contribution >= 0.6 is 11.6 Å². The van der Waals surface area contributed by atoms with Crippen LogP contribution in [0.2, 0.25) is 5.02 Å². The topological polar surface area (TPSA) is 63.2 Å². The standard InChI is InChI=1S/C20H20ClNO3S/c21-16-5-3-4-15(14-16)8-13-20(23)22-17-9-11-19(12-10-17)26(24,25)18-6-1-2-7-18/h3-5,8-14,18H,1-2,6-7H2,(H,22,23)/b13-8+. The van der Waals surface area contributed by atoms with E-state index >= 15 is 0 Å². The van der Waals surface area contributed by atoms with Gasteiger partial charge in [0.1, 0.15) is 0 Å². The van der Waals surface area contributed by atoms with E-state index in [2.05, 4.69) is 5.32 Å². The molecule has 0 spiro atoms. The number of carbonyl (C=O) groups is 1. The van der Waals surface area contributed by atoms with Crippen molar-refractivity contribution in [3.63, 3.8) is 0 Å². The molecule has 0 saturated heterocycles. The molecule has 1 saturated carbocycles. The first-order chi connectivity index (χ1) is 12.4. The lowest BCUT2D eigenvalue weighted by Crippen LogP contribution is -2.17. The van der Waals surface area contributed by atoms with Crippen LogP contribution in [-0.4, -0.2) is 19.6 Å². The van der Waals surface area contributed by atoms with Crippen LogP contribution in [0, 0.1) is 0 Å². The molecule has 1 amide bonds. The molecule has 0 aliphatic heterocycles. The number of sulfone groups is 1. The Morgan fingerprint density at radius 1 is 1.08 bits per heavy atom. The fraction of sp³-hybridized carbons (Fsp3) is 0.250. The summed E-state index contributed by atoms with van der Waals surface area (Å²) >= 11 is 5.91. The minimum absolute atomic E-state index is 0.274. The highest BCUT2D eigenvalue weighted by atomic mass is 35.5. The van der Waals surface area contributed by atoms with Gasteiger partial charge in [-0.25, -0.2) is 8.42 Å². The molecule has 0 heterocycles. The second-order valence-electron chi connectivity index (χ2n) is 6.35. The van der Waals surface area contributed by atoms with E-state index in [0.717, 1.165) is 31.2 Å². The van der Waals surface area contributed by atoms with E-state index in [4.69, 9.17) is 11.6 Å². The van der Waals surface area contributed by atoms with Gasteiger partial charge in [0.15, 0.2) is 9.84 Å². The highest BCUT2D eigenvalue weighted by molar-refractivity contribution is 7.92. The van der Waals surface area contributed by atoms with Gasteiger partial charge in [0.2, 0.25) is 5.91 Å². The molecule has 6 heteroatoms. The molecular weight excluding hydrogens is 370 g/mol. The summed E-state index contributed by atoms with van der Waals surface area (Å²) in [5.74, 6) is -0.295. The minimum Gasteiger partial charge on any atom is -0.323 e. The summed E-state index contributed by atoms with van der Waals surface area (Å²) < 4.78 is 25.1. The average molecular weight is 390 g/mol. The first kappa shape index (κ1) is 18.7. The molecule has 0 radical (unpaired) electrons. The fourth-order valence-corrected chi connectivity index (χ4v) is 5.14. The van der Waals surface area contributed by atoms with Crippen molar-refractivity contribution in [2.24, 2.45) is 0 Å². The van der Waals surface area contributed by atoms with E-state index in [1.807, 2.05) is 12.1 Å². The minimum atomic E-state index is -3.27. The normalized spacial score (nSPS) is 15.4. The van der Waals surface area contributed by atoms with E-state index in [1.165, 1.54) is 6.08 Å². The molecule has 4 nitrogen and oxygen atoms in total. The Morgan fingerprint density at radius 3 is 2.42 bits per heavy atom.